The number of nitrogens with zero attached hydrogens (tertiary/aromatic N) is 3. The van der Waals surface area contributed by atoms with Crippen LogP contribution in [0.4, 0.5) is 5.69 Å². The average molecular weight is 506 g/mol. The van der Waals surface area contributed by atoms with Crippen molar-refractivity contribution >= 4 is 28.5 Å². The highest BCUT2D eigenvalue weighted by Gasteiger charge is 2.18. The first-order valence-corrected chi connectivity index (χ1v) is 11.9. The lowest BCUT2D eigenvalue weighted by Crippen LogP contribution is -2.29. The normalized spacial score (nSPS) is 10.7. The van der Waals surface area contributed by atoms with Gasteiger partial charge in [0.1, 0.15) is 28.4 Å². The number of hydrogen-bond acceptors (Lipinski definition) is 6. The van der Waals surface area contributed by atoms with Gasteiger partial charge in [0.05, 0.1) is 5.69 Å². The first-order valence-electron chi connectivity index (χ1n) is 11.9. The molecule has 0 saturated carbocycles. The molecule has 0 atom stereocenters. The van der Waals surface area contributed by atoms with E-state index in [1.807, 2.05) is 25.1 Å². The summed E-state index contributed by atoms with van der Waals surface area (Å²) < 4.78 is 7.27. The highest BCUT2D eigenvalue weighted by Crippen LogP contribution is 2.24. The van der Waals surface area contributed by atoms with E-state index in [-0.39, 0.29) is 17.2 Å². The fraction of sp³-hybridized carbons (Fsp3) is 0.0690. The number of pyridine rings is 3. The molecular weight excluding hydrogens is 482 g/mol. The maximum absolute atomic E-state index is 13.4. The Morgan fingerprint density at radius 2 is 1.63 bits per heavy atom. The maximum atomic E-state index is 13.4. The van der Waals surface area contributed by atoms with E-state index in [0.717, 1.165) is 0 Å². The first kappa shape index (κ1) is 24.4. The van der Waals surface area contributed by atoms with Crippen molar-refractivity contribution in [1.82, 2.24) is 19.9 Å². The van der Waals surface area contributed by atoms with Gasteiger partial charge >= 0.3 is 0 Å². The second-order valence-electron chi connectivity index (χ2n) is 8.27. The summed E-state index contributed by atoms with van der Waals surface area (Å²) in [5, 5.41) is 6.14. The maximum Gasteiger partial charge on any atom is 0.270 e. The highest BCUT2D eigenvalue weighted by atomic mass is 16.5. The topological polar surface area (TPSA) is 115 Å². The quantitative estimate of drug-likeness (QED) is 0.335. The van der Waals surface area contributed by atoms with Crippen molar-refractivity contribution in [2.75, 3.05) is 11.9 Å². The Bertz CT molecular complexity index is 1680. The number of aromatic nitrogens is 3. The summed E-state index contributed by atoms with van der Waals surface area (Å²) in [4.78, 5) is 47.0. The van der Waals surface area contributed by atoms with E-state index in [9.17, 15) is 14.4 Å². The van der Waals surface area contributed by atoms with Gasteiger partial charge in [0.2, 0.25) is 0 Å². The van der Waals surface area contributed by atoms with E-state index < -0.39 is 11.5 Å². The lowest BCUT2D eigenvalue weighted by atomic mass is 10.1. The molecular formula is C29H23N5O4. The van der Waals surface area contributed by atoms with Crippen LogP contribution in [0.2, 0.25) is 0 Å². The molecule has 2 amide bonds. The molecule has 0 radical (unpaired) electrons. The average Bonchev–Trinajstić information content (AvgIpc) is 2.94. The Balaban J connectivity index is 1.37. The van der Waals surface area contributed by atoms with Gasteiger partial charge in [0.25, 0.3) is 17.4 Å². The number of amides is 2. The largest absolute Gasteiger partial charge is 0.457 e. The van der Waals surface area contributed by atoms with Gasteiger partial charge in [0.15, 0.2) is 0 Å². The molecule has 0 aliphatic rings. The predicted octanol–water partition coefficient (Wildman–Crippen LogP) is 4.58. The van der Waals surface area contributed by atoms with E-state index in [1.54, 1.807) is 72.9 Å². The minimum Gasteiger partial charge on any atom is -0.457 e. The molecule has 0 spiro atoms. The van der Waals surface area contributed by atoms with Crippen LogP contribution in [0.15, 0.2) is 102 Å². The summed E-state index contributed by atoms with van der Waals surface area (Å²) in [5.41, 5.74) is 1.33. The van der Waals surface area contributed by atoms with Gasteiger partial charge in [-0.25, -0.2) is 4.98 Å². The summed E-state index contributed by atoms with van der Waals surface area (Å²) in [7, 11) is 0. The van der Waals surface area contributed by atoms with Crippen LogP contribution < -0.4 is 20.9 Å². The van der Waals surface area contributed by atoms with Crippen molar-refractivity contribution in [3.8, 4) is 17.2 Å². The van der Waals surface area contributed by atoms with Crippen molar-refractivity contribution in [3.05, 3.63) is 119 Å². The van der Waals surface area contributed by atoms with E-state index in [4.69, 9.17) is 4.74 Å². The van der Waals surface area contributed by atoms with E-state index in [1.165, 1.54) is 10.8 Å². The number of rotatable bonds is 7. The molecule has 0 saturated heterocycles. The third-order valence-electron chi connectivity index (χ3n) is 5.67. The fourth-order valence-corrected chi connectivity index (χ4v) is 3.91. The van der Waals surface area contributed by atoms with E-state index in [0.29, 0.717) is 40.5 Å². The standard InChI is InChI=1S/C29H23N5O4/c1-2-30-28(36)25-18-23(14-16-31-25)38-22-12-10-20(11-13-22)33-27(35)24-17-19-7-6-15-32-26(19)34(29(24)37)21-8-4-3-5-9-21/h3-18H,2H2,1H3,(H,30,36)(H,33,35). The second-order valence-corrected chi connectivity index (χ2v) is 8.27. The second kappa shape index (κ2) is 10.8. The Hall–Kier alpha value is -5.31. The fourth-order valence-electron chi connectivity index (χ4n) is 3.91. The number of anilines is 1. The van der Waals surface area contributed by atoms with Crippen LogP contribution in [0.25, 0.3) is 16.7 Å². The monoisotopic (exact) mass is 505 g/mol. The number of nitrogens with one attached hydrogen (secondary N) is 2. The molecule has 3 aromatic heterocycles. The molecule has 2 aromatic carbocycles. The third kappa shape index (κ3) is 5.12. The molecule has 0 aliphatic carbocycles. The zero-order chi connectivity index (χ0) is 26.5. The van der Waals surface area contributed by atoms with E-state index >= 15 is 0 Å². The van der Waals surface area contributed by atoms with Crippen LogP contribution >= 0.6 is 0 Å². The molecule has 3 heterocycles. The lowest BCUT2D eigenvalue weighted by molar-refractivity contribution is 0.0949. The molecule has 9 heteroatoms. The van der Waals surface area contributed by atoms with Crippen LogP contribution in [-0.4, -0.2) is 32.9 Å². The third-order valence-corrected chi connectivity index (χ3v) is 5.67. The Kier molecular flexibility index (Phi) is 6.90. The smallest absolute Gasteiger partial charge is 0.270 e. The van der Waals surface area contributed by atoms with Crippen molar-refractivity contribution in [1.29, 1.82) is 0 Å². The lowest BCUT2D eigenvalue weighted by Gasteiger charge is -2.12. The van der Waals surface area contributed by atoms with Crippen LogP contribution in [0.1, 0.15) is 27.8 Å². The van der Waals surface area contributed by atoms with Crippen LogP contribution in [0, 0.1) is 0 Å². The molecule has 5 aromatic rings. The van der Waals surface area contributed by atoms with Crippen molar-refractivity contribution in [3.63, 3.8) is 0 Å². The van der Waals surface area contributed by atoms with E-state index in [2.05, 4.69) is 20.6 Å². The van der Waals surface area contributed by atoms with Gasteiger partial charge in [-0.05, 0) is 67.6 Å². The molecule has 38 heavy (non-hydrogen) atoms. The first-order chi connectivity index (χ1) is 18.5. The predicted molar refractivity (Wildman–Crippen MR) is 144 cm³/mol. The van der Waals surface area contributed by atoms with Crippen LogP contribution in [0.3, 0.4) is 0 Å². The SMILES string of the molecule is CCNC(=O)c1cc(Oc2ccc(NC(=O)c3cc4cccnc4n(-c4ccccc4)c3=O)cc2)ccn1. The molecule has 188 valence electrons. The molecule has 0 fully saturated rings. The van der Waals surface area contributed by atoms with Gasteiger partial charge in [-0.15, -0.1) is 0 Å². The van der Waals surface area contributed by atoms with Gasteiger partial charge in [0, 0.05) is 36.1 Å². The van der Waals surface area contributed by atoms with Crippen molar-refractivity contribution < 1.29 is 14.3 Å². The highest BCUT2D eigenvalue weighted by molar-refractivity contribution is 6.05. The molecule has 9 nitrogen and oxygen atoms in total. The zero-order valence-electron chi connectivity index (χ0n) is 20.4. The Morgan fingerprint density at radius 1 is 0.842 bits per heavy atom. The summed E-state index contributed by atoms with van der Waals surface area (Å²) in [5.74, 6) is 0.121. The number of carbonyl (C=O) groups excluding carboxylic acids is 2. The number of hydrogen-bond donors (Lipinski definition) is 2. The van der Waals surface area contributed by atoms with Crippen molar-refractivity contribution in [2.24, 2.45) is 0 Å². The molecule has 0 aliphatic heterocycles. The molecule has 5 rings (SSSR count). The summed E-state index contributed by atoms with van der Waals surface area (Å²) >= 11 is 0. The number of benzene rings is 2. The summed E-state index contributed by atoms with van der Waals surface area (Å²) in [6.07, 6.45) is 3.10. The van der Waals surface area contributed by atoms with Crippen LogP contribution in [0.5, 0.6) is 11.5 Å². The minimum atomic E-state index is -0.542. The van der Waals surface area contributed by atoms with Gasteiger partial charge in [-0.3, -0.25) is 23.9 Å². The minimum absolute atomic E-state index is 0.00986. The van der Waals surface area contributed by atoms with Gasteiger partial charge in [-0.1, -0.05) is 18.2 Å². The van der Waals surface area contributed by atoms with Crippen LogP contribution in [-0.2, 0) is 0 Å². The van der Waals surface area contributed by atoms with Gasteiger partial charge in [-0.2, -0.15) is 0 Å². The summed E-state index contributed by atoms with van der Waals surface area (Å²) in [6, 6.07) is 24.0. The van der Waals surface area contributed by atoms with Gasteiger partial charge < -0.3 is 15.4 Å². The molecule has 0 bridgehead atoms. The number of para-hydroxylation sites is 1. The Morgan fingerprint density at radius 3 is 2.39 bits per heavy atom. The van der Waals surface area contributed by atoms with Crippen molar-refractivity contribution in [2.45, 2.75) is 6.92 Å². The number of fused-ring (bicyclic) bond motifs is 1. The molecule has 0 unspecified atom stereocenters. The number of carbonyl (C=O) groups is 2. The zero-order valence-corrected chi connectivity index (χ0v) is 20.4. The number of ether oxygens (including phenoxy) is 1. The molecule has 2 N–H and O–H groups in total. The summed E-state index contributed by atoms with van der Waals surface area (Å²) in [6.45, 7) is 2.32. The Labute approximate surface area is 217 Å².